The van der Waals surface area contributed by atoms with E-state index in [2.05, 4.69) is 15.3 Å². The topological polar surface area (TPSA) is 64.1 Å². The van der Waals surface area contributed by atoms with Crippen LogP contribution in [0.2, 0.25) is 0 Å². The van der Waals surface area contributed by atoms with Gasteiger partial charge in [-0.05, 0) is 23.6 Å². The molecule has 1 aromatic carbocycles. The smallest absolute Gasteiger partial charge is 0.455 e. The number of ketones is 1. The molecule has 0 bridgehead atoms. The Bertz CT molecular complexity index is 1150. The Labute approximate surface area is 168 Å². The number of aromatic nitrogens is 2. The molecule has 0 aliphatic carbocycles. The number of alkyl halides is 3. The molecule has 0 fully saturated rings. The molecule has 0 saturated carbocycles. The molecule has 0 unspecified atom stereocenters. The number of thiazole rings is 2. The SMILES string of the molecule is COc1ccc2sc(Nc3nc(-c4cccs4)c(C(=O)C(F)(F)F)s3)nc2c1. The Morgan fingerprint density at radius 3 is 2.61 bits per heavy atom. The van der Waals surface area contributed by atoms with Crippen molar-refractivity contribution in [3.8, 4) is 16.3 Å². The second-order valence-electron chi connectivity index (χ2n) is 5.48. The molecule has 1 N–H and O–H groups in total. The number of rotatable bonds is 5. The predicted octanol–water partition coefficient (Wildman–Crippen LogP) is 5.98. The molecule has 3 aromatic heterocycles. The second-order valence-corrected chi connectivity index (χ2v) is 8.46. The van der Waals surface area contributed by atoms with Crippen LogP contribution in [0, 0.1) is 0 Å². The van der Waals surface area contributed by atoms with E-state index < -0.39 is 16.8 Å². The zero-order valence-electron chi connectivity index (χ0n) is 14.0. The lowest BCUT2D eigenvalue weighted by Crippen LogP contribution is -2.22. The largest absolute Gasteiger partial charge is 0.497 e. The number of fused-ring (bicyclic) bond motifs is 1. The molecular weight excluding hydrogens is 431 g/mol. The maximum atomic E-state index is 13.0. The summed E-state index contributed by atoms with van der Waals surface area (Å²) in [5, 5.41) is 5.26. The van der Waals surface area contributed by atoms with Crippen molar-refractivity contribution in [2.45, 2.75) is 6.18 Å². The lowest BCUT2D eigenvalue weighted by atomic mass is 10.2. The minimum absolute atomic E-state index is 0.0209. The first-order valence-corrected chi connectivity index (χ1v) is 10.2. The van der Waals surface area contributed by atoms with Gasteiger partial charge in [-0.2, -0.15) is 13.2 Å². The summed E-state index contributed by atoms with van der Waals surface area (Å²) in [6, 6.07) is 8.71. The molecule has 0 radical (unpaired) electrons. The van der Waals surface area contributed by atoms with E-state index in [1.807, 2.05) is 6.07 Å². The Morgan fingerprint density at radius 2 is 1.93 bits per heavy atom. The number of anilines is 2. The van der Waals surface area contributed by atoms with Crippen molar-refractivity contribution in [1.29, 1.82) is 0 Å². The number of benzene rings is 1. The summed E-state index contributed by atoms with van der Waals surface area (Å²) in [5.41, 5.74) is 0.709. The number of nitrogens with zero attached hydrogens (tertiary/aromatic N) is 2. The zero-order chi connectivity index (χ0) is 19.9. The molecule has 0 aliphatic rings. The number of Topliss-reactive ketones (excluding diaryl/α,β-unsaturated/α-hetero) is 1. The third-order valence-corrected chi connectivity index (χ3v) is 6.45. The third-order valence-electron chi connectivity index (χ3n) is 3.65. The third kappa shape index (κ3) is 3.60. The van der Waals surface area contributed by atoms with Gasteiger partial charge in [0.2, 0.25) is 0 Å². The summed E-state index contributed by atoms with van der Waals surface area (Å²) in [4.78, 5) is 20.5. The summed E-state index contributed by atoms with van der Waals surface area (Å²) in [5.74, 6) is -1.26. The van der Waals surface area contributed by atoms with Gasteiger partial charge in [0.25, 0.3) is 5.78 Å². The molecule has 4 rings (SSSR count). The number of hydrogen-bond acceptors (Lipinski definition) is 8. The van der Waals surface area contributed by atoms with Gasteiger partial charge in [0, 0.05) is 6.07 Å². The molecule has 28 heavy (non-hydrogen) atoms. The molecule has 4 aromatic rings. The minimum atomic E-state index is -4.97. The fourth-order valence-corrected chi connectivity index (χ4v) is 5.05. The molecule has 11 heteroatoms. The fourth-order valence-electron chi connectivity index (χ4n) is 2.42. The molecule has 144 valence electrons. The molecular formula is C17H10F3N3O2S3. The summed E-state index contributed by atoms with van der Waals surface area (Å²) in [6.45, 7) is 0. The Hall–Kier alpha value is -2.50. The summed E-state index contributed by atoms with van der Waals surface area (Å²) < 4.78 is 45.0. The van der Waals surface area contributed by atoms with Crippen LogP contribution in [0.4, 0.5) is 23.4 Å². The highest BCUT2D eigenvalue weighted by atomic mass is 32.1. The Kier molecular flexibility index (Phi) is 4.81. The van der Waals surface area contributed by atoms with Gasteiger partial charge in [-0.1, -0.05) is 28.7 Å². The summed E-state index contributed by atoms with van der Waals surface area (Å²) in [6.07, 6.45) is -4.97. The molecule has 0 atom stereocenters. The monoisotopic (exact) mass is 441 g/mol. The van der Waals surface area contributed by atoms with Gasteiger partial charge in [0.1, 0.15) is 16.3 Å². The molecule has 0 saturated heterocycles. The van der Waals surface area contributed by atoms with Gasteiger partial charge in [-0.25, -0.2) is 9.97 Å². The Balaban J connectivity index is 1.71. The minimum Gasteiger partial charge on any atom is -0.497 e. The van der Waals surface area contributed by atoms with Crippen molar-refractivity contribution < 1.29 is 22.7 Å². The van der Waals surface area contributed by atoms with Gasteiger partial charge < -0.3 is 10.1 Å². The molecule has 0 amide bonds. The zero-order valence-corrected chi connectivity index (χ0v) is 16.5. The standard InChI is InChI=1S/C17H10F3N3O2S3/c1-25-8-4-5-10-9(7-8)21-15(27-10)23-16-22-12(11-3-2-6-26-11)13(28-16)14(24)17(18,19)20/h2-7H,1H3,(H,21,22,23). The molecule has 0 spiro atoms. The summed E-state index contributed by atoms with van der Waals surface area (Å²) >= 11 is 3.20. The number of hydrogen-bond donors (Lipinski definition) is 1. The molecule has 3 heterocycles. The number of halogens is 3. The van der Waals surface area contributed by atoms with Crippen molar-refractivity contribution in [2.75, 3.05) is 12.4 Å². The summed E-state index contributed by atoms with van der Waals surface area (Å²) in [7, 11) is 1.55. The van der Waals surface area contributed by atoms with Crippen molar-refractivity contribution in [3.05, 3.63) is 40.6 Å². The van der Waals surface area contributed by atoms with Crippen molar-refractivity contribution >= 4 is 60.3 Å². The first-order chi connectivity index (χ1) is 13.3. The van der Waals surface area contributed by atoms with E-state index in [4.69, 9.17) is 4.74 Å². The van der Waals surface area contributed by atoms with Crippen molar-refractivity contribution in [1.82, 2.24) is 9.97 Å². The van der Waals surface area contributed by atoms with Crippen molar-refractivity contribution in [3.63, 3.8) is 0 Å². The predicted molar refractivity (Wildman–Crippen MR) is 105 cm³/mol. The van der Waals surface area contributed by atoms with Gasteiger partial charge in [0.05, 0.1) is 22.2 Å². The number of carbonyl (C=O) groups excluding carboxylic acids is 1. The number of thiophene rings is 1. The average Bonchev–Trinajstić information content (AvgIpc) is 3.38. The fraction of sp³-hybridized carbons (Fsp3) is 0.118. The average molecular weight is 441 g/mol. The highest BCUT2D eigenvalue weighted by molar-refractivity contribution is 7.23. The van der Waals surface area contributed by atoms with Gasteiger partial charge in [-0.15, -0.1) is 11.3 Å². The number of carbonyl (C=O) groups is 1. The van der Waals surface area contributed by atoms with Gasteiger partial charge in [-0.3, -0.25) is 4.79 Å². The van der Waals surface area contributed by atoms with E-state index in [1.54, 1.807) is 36.8 Å². The highest BCUT2D eigenvalue weighted by Gasteiger charge is 2.42. The highest BCUT2D eigenvalue weighted by Crippen LogP contribution is 2.39. The molecule has 5 nitrogen and oxygen atoms in total. The van der Waals surface area contributed by atoms with E-state index in [0.29, 0.717) is 32.6 Å². The van der Waals surface area contributed by atoms with Crippen LogP contribution in [0.25, 0.3) is 20.8 Å². The maximum Gasteiger partial charge on any atom is 0.455 e. The molecule has 0 aliphatic heterocycles. The van der Waals surface area contributed by atoms with Crippen LogP contribution < -0.4 is 10.1 Å². The first-order valence-electron chi connectivity index (χ1n) is 7.73. The second kappa shape index (κ2) is 7.15. The van der Waals surface area contributed by atoms with Crippen LogP contribution in [-0.4, -0.2) is 29.0 Å². The van der Waals surface area contributed by atoms with E-state index >= 15 is 0 Å². The van der Waals surface area contributed by atoms with Gasteiger partial charge in [0.15, 0.2) is 10.3 Å². The maximum absolute atomic E-state index is 13.0. The van der Waals surface area contributed by atoms with Crippen LogP contribution in [-0.2, 0) is 0 Å². The number of nitrogens with one attached hydrogen (secondary N) is 1. The van der Waals surface area contributed by atoms with Crippen molar-refractivity contribution in [2.24, 2.45) is 0 Å². The number of methoxy groups -OCH3 is 1. The lowest BCUT2D eigenvalue weighted by molar-refractivity contribution is -0.0882. The van der Waals surface area contributed by atoms with E-state index in [1.165, 1.54) is 22.7 Å². The van der Waals surface area contributed by atoms with E-state index in [9.17, 15) is 18.0 Å². The van der Waals surface area contributed by atoms with Crippen LogP contribution in [0.5, 0.6) is 5.75 Å². The Morgan fingerprint density at radius 1 is 1.14 bits per heavy atom. The quantitative estimate of drug-likeness (QED) is 0.386. The van der Waals surface area contributed by atoms with Crippen LogP contribution in [0.3, 0.4) is 0 Å². The first kappa shape index (κ1) is 18.8. The van der Waals surface area contributed by atoms with E-state index in [0.717, 1.165) is 4.70 Å². The van der Waals surface area contributed by atoms with E-state index in [-0.39, 0.29) is 10.8 Å². The normalized spacial score (nSPS) is 11.7. The van der Waals surface area contributed by atoms with Crippen LogP contribution in [0.15, 0.2) is 35.7 Å². The number of ether oxygens (including phenoxy) is 1. The van der Waals surface area contributed by atoms with Gasteiger partial charge >= 0.3 is 6.18 Å². The lowest BCUT2D eigenvalue weighted by Gasteiger charge is -2.03. The van der Waals surface area contributed by atoms with Crippen LogP contribution in [0.1, 0.15) is 9.67 Å². The van der Waals surface area contributed by atoms with Crippen LogP contribution >= 0.6 is 34.0 Å².